The Bertz CT molecular complexity index is 870. The van der Waals surface area contributed by atoms with E-state index in [0.717, 1.165) is 55.4 Å². The van der Waals surface area contributed by atoms with Crippen molar-refractivity contribution >= 4 is 36.0 Å². The van der Waals surface area contributed by atoms with E-state index in [1.807, 2.05) is 44.0 Å². The van der Waals surface area contributed by atoms with Crippen LogP contribution < -0.4 is 10.4 Å². The Morgan fingerprint density at radius 3 is 2.50 bits per heavy atom. The Balaban J connectivity index is 1.49. The Kier molecular flexibility index (Phi) is 4.94. The molecule has 2 aliphatic rings. The molecule has 1 aromatic carbocycles. The number of aromatic nitrogens is 2. The highest BCUT2D eigenvalue weighted by Gasteiger charge is 2.40. The van der Waals surface area contributed by atoms with Gasteiger partial charge in [0.05, 0.1) is 5.52 Å². The van der Waals surface area contributed by atoms with Crippen molar-refractivity contribution in [2.24, 2.45) is 0 Å². The summed E-state index contributed by atoms with van der Waals surface area (Å²) in [6.07, 6.45) is 7.21. The van der Waals surface area contributed by atoms with Crippen LogP contribution in [0.2, 0.25) is 0 Å². The van der Waals surface area contributed by atoms with Crippen molar-refractivity contribution in [2.45, 2.75) is 64.1 Å². The average molecular weight is 378 g/mol. The molecule has 1 aliphatic carbocycles. The number of hydrogen-bond acceptors (Lipinski definition) is 5. The number of carbonyl (C=O) groups is 1. The second-order valence-corrected chi connectivity index (χ2v) is 8.80. The van der Waals surface area contributed by atoms with Gasteiger partial charge in [-0.3, -0.25) is 0 Å². The largest absolute Gasteiger partial charge is 0.444 e. The molecule has 146 valence electrons. The van der Waals surface area contributed by atoms with Crippen LogP contribution in [-0.2, 0) is 4.74 Å². The summed E-state index contributed by atoms with van der Waals surface area (Å²) in [6.45, 7) is 7.53. The standard InChI is InChI=1S/C21H27BN4O2/c1-21(2,3)28-20(27)26(14-4-5-14)15-8-10-25(11-9-15)18-7-6-17(22)19-16(18)12-23-13-24-19/h6-7,12-15H,4-5,8-11H2,1-3H3. The first kappa shape index (κ1) is 19.0. The van der Waals surface area contributed by atoms with Crippen LogP contribution in [0.5, 0.6) is 0 Å². The molecule has 1 aliphatic heterocycles. The van der Waals surface area contributed by atoms with E-state index in [4.69, 9.17) is 12.6 Å². The first-order valence-electron chi connectivity index (χ1n) is 10.1. The predicted octanol–water partition coefficient (Wildman–Crippen LogP) is 2.79. The molecule has 7 heteroatoms. The second-order valence-electron chi connectivity index (χ2n) is 8.80. The highest BCUT2D eigenvalue weighted by molar-refractivity contribution is 6.38. The van der Waals surface area contributed by atoms with Crippen molar-refractivity contribution in [1.82, 2.24) is 14.9 Å². The minimum absolute atomic E-state index is 0.167. The first-order valence-corrected chi connectivity index (χ1v) is 10.1. The Morgan fingerprint density at radius 2 is 1.86 bits per heavy atom. The lowest BCUT2D eigenvalue weighted by atomic mass is 9.92. The normalized spacial score (nSPS) is 18.3. The fourth-order valence-corrected chi connectivity index (χ4v) is 4.01. The summed E-state index contributed by atoms with van der Waals surface area (Å²) in [5, 5.41) is 0.979. The molecule has 0 unspecified atom stereocenters. The molecule has 6 nitrogen and oxygen atoms in total. The minimum atomic E-state index is -0.464. The maximum absolute atomic E-state index is 12.8. The molecular weight excluding hydrogens is 351 g/mol. The van der Waals surface area contributed by atoms with Gasteiger partial charge in [-0.25, -0.2) is 14.8 Å². The van der Waals surface area contributed by atoms with Gasteiger partial charge in [-0.05, 0) is 52.5 Å². The van der Waals surface area contributed by atoms with E-state index in [2.05, 4.69) is 14.9 Å². The minimum Gasteiger partial charge on any atom is -0.444 e. The number of ether oxygens (including phenoxy) is 1. The van der Waals surface area contributed by atoms with Crippen LogP contribution in [0.15, 0.2) is 24.7 Å². The van der Waals surface area contributed by atoms with Crippen LogP contribution >= 0.6 is 0 Å². The number of carbonyl (C=O) groups excluding carboxylic acids is 1. The number of hydrogen-bond donors (Lipinski definition) is 0. The quantitative estimate of drug-likeness (QED) is 0.769. The molecule has 0 bridgehead atoms. The lowest BCUT2D eigenvalue weighted by Crippen LogP contribution is -2.50. The lowest BCUT2D eigenvalue weighted by molar-refractivity contribution is 0.0114. The third-order valence-electron chi connectivity index (χ3n) is 5.43. The molecule has 1 aromatic heterocycles. The number of piperidine rings is 1. The van der Waals surface area contributed by atoms with Gasteiger partial charge in [0.2, 0.25) is 0 Å². The van der Waals surface area contributed by atoms with Gasteiger partial charge in [0, 0.05) is 42.4 Å². The van der Waals surface area contributed by atoms with Crippen LogP contribution in [0.1, 0.15) is 46.5 Å². The second kappa shape index (κ2) is 7.26. The highest BCUT2D eigenvalue weighted by atomic mass is 16.6. The topological polar surface area (TPSA) is 58.6 Å². The summed E-state index contributed by atoms with van der Waals surface area (Å²) in [6, 6.07) is 4.54. The molecule has 0 N–H and O–H groups in total. The molecule has 1 amide bonds. The van der Waals surface area contributed by atoms with E-state index >= 15 is 0 Å². The zero-order valence-corrected chi connectivity index (χ0v) is 16.9. The molecular formula is C21H27BN4O2. The number of benzene rings is 1. The van der Waals surface area contributed by atoms with Gasteiger partial charge in [0.15, 0.2) is 0 Å². The molecule has 0 spiro atoms. The van der Waals surface area contributed by atoms with E-state index in [1.165, 1.54) is 6.33 Å². The fraction of sp³-hybridized carbons (Fsp3) is 0.571. The molecule has 2 radical (unpaired) electrons. The van der Waals surface area contributed by atoms with Gasteiger partial charge in [-0.15, -0.1) is 0 Å². The average Bonchev–Trinajstić information content (AvgIpc) is 3.47. The van der Waals surface area contributed by atoms with Crippen LogP contribution in [-0.4, -0.2) is 59.6 Å². The third kappa shape index (κ3) is 3.93. The Morgan fingerprint density at radius 1 is 1.18 bits per heavy atom. The van der Waals surface area contributed by atoms with Crippen LogP contribution in [0.25, 0.3) is 10.9 Å². The summed E-state index contributed by atoms with van der Waals surface area (Å²) >= 11 is 0. The summed E-state index contributed by atoms with van der Waals surface area (Å²) < 4.78 is 5.68. The smallest absolute Gasteiger partial charge is 0.410 e. The van der Waals surface area contributed by atoms with Crippen LogP contribution in [0.3, 0.4) is 0 Å². The number of rotatable bonds is 3. The van der Waals surface area contributed by atoms with Gasteiger partial charge in [-0.2, -0.15) is 0 Å². The van der Waals surface area contributed by atoms with Crippen molar-refractivity contribution in [3.05, 3.63) is 24.7 Å². The third-order valence-corrected chi connectivity index (χ3v) is 5.43. The molecule has 0 atom stereocenters. The Hall–Kier alpha value is -2.31. The SMILES string of the molecule is [B]c1ccc(N2CCC(N(C(=O)OC(C)(C)C)C3CC3)CC2)c2cncnc12. The zero-order valence-electron chi connectivity index (χ0n) is 16.9. The number of amides is 1. The van der Waals surface area contributed by atoms with Crippen molar-refractivity contribution in [3.8, 4) is 0 Å². The molecule has 2 aromatic rings. The summed E-state index contributed by atoms with van der Waals surface area (Å²) in [5.41, 5.74) is 2.11. The van der Waals surface area contributed by atoms with E-state index in [-0.39, 0.29) is 12.1 Å². The number of anilines is 1. The lowest BCUT2D eigenvalue weighted by Gasteiger charge is -2.40. The Labute approximate surface area is 167 Å². The zero-order chi connectivity index (χ0) is 19.9. The van der Waals surface area contributed by atoms with Gasteiger partial charge < -0.3 is 14.5 Å². The molecule has 2 heterocycles. The molecule has 4 rings (SSSR count). The first-order chi connectivity index (χ1) is 13.3. The fourth-order valence-electron chi connectivity index (χ4n) is 4.01. The summed E-state index contributed by atoms with van der Waals surface area (Å²) in [7, 11) is 6.07. The van der Waals surface area contributed by atoms with E-state index in [0.29, 0.717) is 11.5 Å². The van der Waals surface area contributed by atoms with Gasteiger partial charge in [0.1, 0.15) is 19.8 Å². The van der Waals surface area contributed by atoms with Crippen LogP contribution in [0.4, 0.5) is 10.5 Å². The molecule has 1 saturated carbocycles. The van der Waals surface area contributed by atoms with Crippen LogP contribution in [0, 0.1) is 0 Å². The number of fused-ring (bicyclic) bond motifs is 1. The van der Waals surface area contributed by atoms with Crippen molar-refractivity contribution in [1.29, 1.82) is 0 Å². The highest BCUT2D eigenvalue weighted by Crippen LogP contribution is 2.34. The van der Waals surface area contributed by atoms with Crippen molar-refractivity contribution in [3.63, 3.8) is 0 Å². The van der Waals surface area contributed by atoms with Crippen molar-refractivity contribution in [2.75, 3.05) is 18.0 Å². The van der Waals surface area contributed by atoms with E-state index in [1.54, 1.807) is 0 Å². The monoisotopic (exact) mass is 378 g/mol. The van der Waals surface area contributed by atoms with E-state index < -0.39 is 5.60 Å². The summed E-state index contributed by atoms with van der Waals surface area (Å²) in [5.74, 6) is 0. The molecule has 1 saturated heterocycles. The predicted molar refractivity (Wildman–Crippen MR) is 111 cm³/mol. The summed E-state index contributed by atoms with van der Waals surface area (Å²) in [4.78, 5) is 25.6. The van der Waals surface area contributed by atoms with Crippen molar-refractivity contribution < 1.29 is 9.53 Å². The molecule has 2 fully saturated rings. The number of nitrogens with zero attached hydrogens (tertiary/aromatic N) is 4. The molecule has 28 heavy (non-hydrogen) atoms. The van der Waals surface area contributed by atoms with Gasteiger partial charge in [-0.1, -0.05) is 11.5 Å². The maximum atomic E-state index is 12.8. The van der Waals surface area contributed by atoms with Gasteiger partial charge >= 0.3 is 6.09 Å². The van der Waals surface area contributed by atoms with Gasteiger partial charge in [0.25, 0.3) is 0 Å². The van der Waals surface area contributed by atoms with E-state index in [9.17, 15) is 4.79 Å². The maximum Gasteiger partial charge on any atom is 0.410 e.